The SMILES string of the molecule is C=C(N/C=C1\CCCC(CC)C1)c1onc(CCC2CNCCO2)c1SC1CCCCC1. The summed E-state index contributed by atoms with van der Waals surface area (Å²) >= 11 is 1.97. The predicted molar refractivity (Wildman–Crippen MR) is 133 cm³/mol. The lowest BCUT2D eigenvalue weighted by atomic mass is 9.84. The molecule has 3 aliphatic rings. The van der Waals surface area contributed by atoms with Crippen LogP contribution in [0.2, 0.25) is 0 Å². The quantitative estimate of drug-likeness (QED) is 0.468. The minimum absolute atomic E-state index is 0.264. The molecule has 0 aromatic carbocycles. The summed E-state index contributed by atoms with van der Waals surface area (Å²) in [7, 11) is 0. The van der Waals surface area contributed by atoms with Gasteiger partial charge in [-0.15, -0.1) is 11.8 Å². The third-order valence-electron chi connectivity index (χ3n) is 7.22. The first-order valence-corrected chi connectivity index (χ1v) is 13.7. The summed E-state index contributed by atoms with van der Waals surface area (Å²) in [6.45, 7) is 9.31. The lowest BCUT2D eigenvalue weighted by Gasteiger charge is -2.24. The summed E-state index contributed by atoms with van der Waals surface area (Å²) in [5, 5.41) is 12.1. The van der Waals surface area contributed by atoms with Crippen LogP contribution in [0.4, 0.5) is 0 Å². The van der Waals surface area contributed by atoms with Crippen LogP contribution in [0.3, 0.4) is 0 Å². The number of rotatable bonds is 9. The Morgan fingerprint density at radius 1 is 1.25 bits per heavy atom. The molecule has 4 rings (SSSR count). The van der Waals surface area contributed by atoms with E-state index in [1.54, 1.807) is 0 Å². The van der Waals surface area contributed by atoms with E-state index in [2.05, 4.69) is 35.5 Å². The molecule has 2 heterocycles. The van der Waals surface area contributed by atoms with Crippen LogP contribution in [0.1, 0.15) is 89.0 Å². The zero-order valence-electron chi connectivity index (χ0n) is 19.8. The number of hydrogen-bond acceptors (Lipinski definition) is 6. The van der Waals surface area contributed by atoms with Gasteiger partial charge in [0, 0.05) is 24.5 Å². The molecule has 178 valence electrons. The Morgan fingerprint density at radius 2 is 2.12 bits per heavy atom. The molecule has 0 bridgehead atoms. The van der Waals surface area contributed by atoms with Gasteiger partial charge in [-0.25, -0.2) is 0 Å². The molecule has 1 saturated heterocycles. The van der Waals surface area contributed by atoms with Crippen molar-refractivity contribution in [3.05, 3.63) is 29.8 Å². The van der Waals surface area contributed by atoms with Crippen LogP contribution in [0.5, 0.6) is 0 Å². The summed E-state index contributed by atoms with van der Waals surface area (Å²) in [6, 6.07) is 0. The molecule has 2 N–H and O–H groups in total. The van der Waals surface area contributed by atoms with Crippen molar-refractivity contribution in [2.45, 2.75) is 100 Å². The molecule has 3 fully saturated rings. The molecular formula is C26H41N3O2S. The normalized spacial score (nSPS) is 26.3. The number of aromatic nitrogens is 1. The van der Waals surface area contributed by atoms with E-state index in [-0.39, 0.29) is 6.10 Å². The second-order valence-electron chi connectivity index (χ2n) is 9.70. The summed E-state index contributed by atoms with van der Waals surface area (Å²) in [6.07, 6.45) is 17.2. The maximum atomic E-state index is 5.90. The Kier molecular flexibility index (Phi) is 9.18. The molecule has 2 aliphatic carbocycles. The van der Waals surface area contributed by atoms with Crippen LogP contribution in [0.15, 0.2) is 27.8 Å². The van der Waals surface area contributed by atoms with Gasteiger partial charge in [-0.3, -0.25) is 0 Å². The maximum Gasteiger partial charge on any atom is 0.196 e. The van der Waals surface area contributed by atoms with E-state index in [4.69, 9.17) is 9.26 Å². The summed E-state index contributed by atoms with van der Waals surface area (Å²) in [4.78, 5) is 1.20. The number of morpholine rings is 1. The summed E-state index contributed by atoms with van der Waals surface area (Å²) in [5.74, 6) is 1.66. The average Bonchev–Trinajstić information content (AvgIpc) is 3.25. The molecule has 1 aliphatic heterocycles. The molecule has 1 aromatic heterocycles. The van der Waals surface area contributed by atoms with E-state index >= 15 is 0 Å². The smallest absolute Gasteiger partial charge is 0.196 e. The lowest BCUT2D eigenvalue weighted by molar-refractivity contribution is 0.0235. The van der Waals surface area contributed by atoms with Crippen molar-refractivity contribution in [1.29, 1.82) is 0 Å². The molecule has 0 spiro atoms. The summed E-state index contributed by atoms with van der Waals surface area (Å²) in [5.41, 5.74) is 3.42. The highest BCUT2D eigenvalue weighted by molar-refractivity contribution is 8.00. The van der Waals surface area contributed by atoms with Crippen LogP contribution in [0.25, 0.3) is 5.70 Å². The van der Waals surface area contributed by atoms with Crippen molar-refractivity contribution in [3.63, 3.8) is 0 Å². The van der Waals surface area contributed by atoms with Gasteiger partial charge in [-0.05, 0) is 57.3 Å². The first-order chi connectivity index (χ1) is 15.7. The second-order valence-corrected chi connectivity index (χ2v) is 11.0. The highest BCUT2D eigenvalue weighted by Crippen LogP contribution is 2.39. The Labute approximate surface area is 198 Å². The third-order valence-corrected chi connectivity index (χ3v) is 8.68. The first kappa shape index (κ1) is 23.9. The van der Waals surface area contributed by atoms with Gasteiger partial charge in [0.2, 0.25) is 0 Å². The first-order valence-electron chi connectivity index (χ1n) is 12.8. The number of nitrogens with zero attached hydrogens (tertiary/aromatic N) is 1. The van der Waals surface area contributed by atoms with Crippen LogP contribution in [-0.2, 0) is 11.2 Å². The third kappa shape index (κ3) is 6.64. The highest BCUT2D eigenvalue weighted by Gasteiger charge is 2.25. The van der Waals surface area contributed by atoms with Gasteiger partial charge >= 0.3 is 0 Å². The molecule has 2 atom stereocenters. The highest BCUT2D eigenvalue weighted by atomic mass is 32.2. The van der Waals surface area contributed by atoms with E-state index in [0.717, 1.165) is 55.6 Å². The minimum atomic E-state index is 0.264. The number of nitrogens with one attached hydrogen (secondary N) is 2. The van der Waals surface area contributed by atoms with Gasteiger partial charge in [0.1, 0.15) is 0 Å². The van der Waals surface area contributed by atoms with Crippen molar-refractivity contribution in [1.82, 2.24) is 15.8 Å². The molecule has 32 heavy (non-hydrogen) atoms. The van der Waals surface area contributed by atoms with Crippen molar-refractivity contribution in [2.24, 2.45) is 5.92 Å². The van der Waals surface area contributed by atoms with E-state index in [9.17, 15) is 0 Å². The van der Waals surface area contributed by atoms with Gasteiger partial charge in [0.25, 0.3) is 0 Å². The molecule has 2 saturated carbocycles. The topological polar surface area (TPSA) is 59.3 Å². The van der Waals surface area contributed by atoms with Crippen molar-refractivity contribution in [3.8, 4) is 0 Å². The molecule has 0 radical (unpaired) electrons. The Balaban J connectivity index is 1.44. The lowest BCUT2D eigenvalue weighted by Crippen LogP contribution is -2.38. The molecular weight excluding hydrogens is 418 g/mol. The molecule has 1 aromatic rings. The fraction of sp³-hybridized carbons (Fsp3) is 0.731. The molecule has 5 nitrogen and oxygen atoms in total. The molecule has 6 heteroatoms. The van der Waals surface area contributed by atoms with Gasteiger partial charge in [-0.2, -0.15) is 0 Å². The van der Waals surface area contributed by atoms with Crippen LogP contribution in [-0.4, -0.2) is 36.2 Å². The van der Waals surface area contributed by atoms with Gasteiger partial charge < -0.3 is 19.9 Å². The Hall–Kier alpha value is -1.24. The van der Waals surface area contributed by atoms with Crippen molar-refractivity contribution < 1.29 is 9.26 Å². The average molecular weight is 460 g/mol. The Morgan fingerprint density at radius 3 is 2.91 bits per heavy atom. The van der Waals surface area contributed by atoms with Gasteiger partial charge in [0.15, 0.2) is 5.76 Å². The number of allylic oxidation sites excluding steroid dienone is 1. The van der Waals surface area contributed by atoms with E-state index < -0.39 is 0 Å². The van der Waals surface area contributed by atoms with E-state index in [0.29, 0.717) is 5.25 Å². The number of ether oxygens (including phenoxy) is 1. The van der Waals surface area contributed by atoms with Gasteiger partial charge in [0.05, 0.1) is 29.0 Å². The second kappa shape index (κ2) is 12.3. The molecule has 0 amide bonds. The van der Waals surface area contributed by atoms with E-state index in [1.807, 2.05) is 11.8 Å². The van der Waals surface area contributed by atoms with E-state index in [1.165, 1.54) is 74.7 Å². The number of thioether (sulfide) groups is 1. The van der Waals surface area contributed by atoms with Crippen LogP contribution < -0.4 is 10.6 Å². The monoisotopic (exact) mass is 459 g/mol. The van der Waals surface area contributed by atoms with Gasteiger partial charge in [-0.1, -0.05) is 49.9 Å². The number of hydrogen-bond donors (Lipinski definition) is 2. The summed E-state index contributed by atoms with van der Waals surface area (Å²) < 4.78 is 11.8. The fourth-order valence-corrected chi connectivity index (χ4v) is 6.61. The maximum absolute atomic E-state index is 5.90. The molecule has 2 unspecified atom stereocenters. The number of aryl methyl sites for hydroxylation is 1. The fourth-order valence-electron chi connectivity index (χ4n) is 5.17. The standard InChI is InChI=1S/C26H41N3O2S/c1-3-20-8-7-9-21(16-20)17-28-19(2)25-26(32-23-10-5-4-6-11-23)24(29-31-25)13-12-22-18-27-14-15-30-22/h17,20,22-23,27-28H,2-16,18H2,1H3/b21-17+. The zero-order valence-corrected chi connectivity index (χ0v) is 20.6. The van der Waals surface area contributed by atoms with Crippen molar-refractivity contribution >= 4 is 17.5 Å². The minimum Gasteiger partial charge on any atom is -0.376 e. The zero-order chi connectivity index (χ0) is 22.2. The van der Waals surface area contributed by atoms with Crippen LogP contribution in [0, 0.1) is 5.92 Å². The van der Waals surface area contributed by atoms with Crippen molar-refractivity contribution in [2.75, 3.05) is 19.7 Å². The van der Waals surface area contributed by atoms with Crippen LogP contribution >= 0.6 is 11.8 Å². The predicted octanol–water partition coefficient (Wildman–Crippen LogP) is 6.06. The Bertz CT molecular complexity index is 763. The largest absolute Gasteiger partial charge is 0.376 e.